The minimum absolute atomic E-state index is 0.422. The molecule has 0 bridgehead atoms. The monoisotopic (exact) mass is 162 g/mol. The minimum Gasteiger partial charge on any atom is -0.505 e. The molecular weight excluding hydrogens is 148 g/mol. The summed E-state index contributed by atoms with van der Waals surface area (Å²) in [5.41, 5.74) is 1.31. The van der Waals surface area contributed by atoms with Crippen LogP contribution in [0.5, 0.6) is 0 Å². The van der Waals surface area contributed by atoms with Crippen molar-refractivity contribution in [2.45, 2.75) is 12.8 Å². The van der Waals surface area contributed by atoms with Gasteiger partial charge in [0.25, 0.3) is 0 Å². The molecular formula is C11H14O. The highest BCUT2D eigenvalue weighted by molar-refractivity contribution is 5.22. The summed E-state index contributed by atoms with van der Waals surface area (Å²) in [7, 11) is 1.66. The van der Waals surface area contributed by atoms with Crippen LogP contribution in [0.15, 0.2) is 42.7 Å². The second-order valence-electron chi connectivity index (χ2n) is 2.76. The molecule has 0 radical (unpaired) electrons. The zero-order valence-electron chi connectivity index (χ0n) is 7.53. The number of methoxy groups -OCH3 is 1. The Bertz CT molecular complexity index is 238. The van der Waals surface area contributed by atoms with Crippen LogP contribution in [-0.2, 0) is 4.74 Å². The average molecular weight is 162 g/mol. The van der Waals surface area contributed by atoms with Crippen LogP contribution in [0.4, 0.5) is 0 Å². The van der Waals surface area contributed by atoms with E-state index in [-0.39, 0.29) is 0 Å². The molecule has 0 saturated heterocycles. The summed E-state index contributed by atoms with van der Waals surface area (Å²) in [6, 6.07) is 10.4. The summed E-state index contributed by atoms with van der Waals surface area (Å²) < 4.78 is 4.85. The van der Waals surface area contributed by atoms with E-state index in [1.807, 2.05) is 24.3 Å². The van der Waals surface area contributed by atoms with Gasteiger partial charge in [0.1, 0.15) is 0 Å². The molecule has 1 nitrogen and oxygen atoms in total. The van der Waals surface area contributed by atoms with Gasteiger partial charge in [-0.3, -0.25) is 0 Å². The zero-order chi connectivity index (χ0) is 8.81. The highest BCUT2D eigenvalue weighted by atomic mass is 16.5. The number of hydrogen-bond donors (Lipinski definition) is 0. The highest BCUT2D eigenvalue weighted by Gasteiger charge is 1.98. The van der Waals surface area contributed by atoms with Gasteiger partial charge in [0, 0.05) is 5.92 Å². The van der Waals surface area contributed by atoms with Gasteiger partial charge in [-0.1, -0.05) is 37.3 Å². The Morgan fingerprint density at radius 1 is 1.25 bits per heavy atom. The summed E-state index contributed by atoms with van der Waals surface area (Å²) in [5, 5.41) is 0. The van der Waals surface area contributed by atoms with Gasteiger partial charge in [0.2, 0.25) is 0 Å². The lowest BCUT2D eigenvalue weighted by Gasteiger charge is -2.04. The standard InChI is InChI=1S/C11H14O/c1-10(8-9-12-2)11-6-4-3-5-7-11/h3-10H,1-2H3/b9-8-. The SMILES string of the molecule is CO/C=C\C(C)c1ccccc1. The fourth-order valence-corrected chi connectivity index (χ4v) is 1.06. The van der Waals surface area contributed by atoms with E-state index in [1.54, 1.807) is 13.4 Å². The molecule has 64 valence electrons. The fourth-order valence-electron chi connectivity index (χ4n) is 1.06. The van der Waals surface area contributed by atoms with Crippen LogP contribution in [0.1, 0.15) is 18.4 Å². The molecule has 1 heteroatoms. The molecule has 0 heterocycles. The van der Waals surface area contributed by atoms with E-state index in [0.29, 0.717) is 5.92 Å². The van der Waals surface area contributed by atoms with Crippen LogP contribution in [0.25, 0.3) is 0 Å². The van der Waals surface area contributed by atoms with Gasteiger partial charge in [-0.25, -0.2) is 0 Å². The van der Waals surface area contributed by atoms with Crippen LogP contribution in [0.3, 0.4) is 0 Å². The van der Waals surface area contributed by atoms with Gasteiger partial charge < -0.3 is 4.74 Å². The Kier molecular flexibility index (Phi) is 3.39. The molecule has 1 rings (SSSR count). The second kappa shape index (κ2) is 4.60. The predicted molar refractivity (Wildman–Crippen MR) is 51.0 cm³/mol. The van der Waals surface area contributed by atoms with E-state index in [9.17, 15) is 0 Å². The van der Waals surface area contributed by atoms with Crippen molar-refractivity contribution in [2.75, 3.05) is 7.11 Å². The van der Waals surface area contributed by atoms with Gasteiger partial charge in [-0.05, 0) is 11.6 Å². The first-order chi connectivity index (χ1) is 5.84. The quantitative estimate of drug-likeness (QED) is 0.621. The van der Waals surface area contributed by atoms with Crippen molar-refractivity contribution in [1.82, 2.24) is 0 Å². The number of allylic oxidation sites excluding steroid dienone is 1. The van der Waals surface area contributed by atoms with E-state index in [2.05, 4.69) is 19.1 Å². The Hall–Kier alpha value is -1.24. The molecule has 0 fully saturated rings. The van der Waals surface area contributed by atoms with Crippen LogP contribution in [0.2, 0.25) is 0 Å². The molecule has 0 aliphatic heterocycles. The fraction of sp³-hybridized carbons (Fsp3) is 0.273. The Labute approximate surface area is 73.7 Å². The van der Waals surface area contributed by atoms with Crippen molar-refractivity contribution < 1.29 is 4.74 Å². The lowest BCUT2D eigenvalue weighted by Crippen LogP contribution is -1.87. The largest absolute Gasteiger partial charge is 0.505 e. The molecule has 0 spiro atoms. The molecule has 1 aromatic carbocycles. The molecule has 0 aromatic heterocycles. The molecule has 1 atom stereocenters. The summed E-state index contributed by atoms with van der Waals surface area (Å²) in [5.74, 6) is 0.422. The van der Waals surface area contributed by atoms with Gasteiger partial charge >= 0.3 is 0 Å². The molecule has 1 aromatic rings. The van der Waals surface area contributed by atoms with Crippen LogP contribution in [-0.4, -0.2) is 7.11 Å². The maximum atomic E-state index is 4.85. The average Bonchev–Trinajstić information content (AvgIpc) is 2.15. The van der Waals surface area contributed by atoms with Gasteiger partial charge in [-0.2, -0.15) is 0 Å². The Morgan fingerprint density at radius 3 is 2.50 bits per heavy atom. The summed E-state index contributed by atoms with van der Waals surface area (Å²) in [6.45, 7) is 2.14. The summed E-state index contributed by atoms with van der Waals surface area (Å²) in [6.07, 6.45) is 3.76. The van der Waals surface area contributed by atoms with E-state index >= 15 is 0 Å². The van der Waals surface area contributed by atoms with Crippen molar-refractivity contribution in [3.8, 4) is 0 Å². The molecule has 12 heavy (non-hydrogen) atoms. The Morgan fingerprint density at radius 2 is 1.92 bits per heavy atom. The van der Waals surface area contributed by atoms with Crippen LogP contribution in [0, 0.1) is 0 Å². The van der Waals surface area contributed by atoms with Crippen molar-refractivity contribution in [2.24, 2.45) is 0 Å². The van der Waals surface area contributed by atoms with Crippen molar-refractivity contribution >= 4 is 0 Å². The van der Waals surface area contributed by atoms with Gasteiger partial charge in [0.15, 0.2) is 0 Å². The van der Waals surface area contributed by atoms with E-state index < -0.39 is 0 Å². The van der Waals surface area contributed by atoms with Crippen LogP contribution < -0.4 is 0 Å². The van der Waals surface area contributed by atoms with Crippen molar-refractivity contribution in [3.05, 3.63) is 48.2 Å². The third-order valence-corrected chi connectivity index (χ3v) is 1.83. The molecule has 0 amide bonds. The molecule has 0 aliphatic rings. The van der Waals surface area contributed by atoms with Gasteiger partial charge in [0.05, 0.1) is 13.4 Å². The smallest absolute Gasteiger partial charge is 0.0790 e. The van der Waals surface area contributed by atoms with Crippen LogP contribution >= 0.6 is 0 Å². The maximum Gasteiger partial charge on any atom is 0.0790 e. The topological polar surface area (TPSA) is 9.23 Å². The third kappa shape index (κ3) is 2.42. The Balaban J connectivity index is 2.65. The highest BCUT2D eigenvalue weighted by Crippen LogP contribution is 2.15. The maximum absolute atomic E-state index is 4.85. The minimum atomic E-state index is 0.422. The number of rotatable bonds is 3. The molecule has 0 aliphatic carbocycles. The predicted octanol–water partition coefficient (Wildman–Crippen LogP) is 2.95. The van der Waals surface area contributed by atoms with E-state index in [0.717, 1.165) is 0 Å². The summed E-state index contributed by atoms with van der Waals surface area (Å²) >= 11 is 0. The summed E-state index contributed by atoms with van der Waals surface area (Å²) in [4.78, 5) is 0. The molecule has 0 saturated carbocycles. The lowest BCUT2D eigenvalue weighted by atomic mass is 10.0. The first kappa shape index (κ1) is 8.85. The lowest BCUT2D eigenvalue weighted by molar-refractivity contribution is 0.336. The van der Waals surface area contributed by atoms with Crippen molar-refractivity contribution in [1.29, 1.82) is 0 Å². The van der Waals surface area contributed by atoms with E-state index in [4.69, 9.17) is 4.74 Å². The molecule has 1 unspecified atom stereocenters. The number of benzene rings is 1. The first-order valence-electron chi connectivity index (χ1n) is 4.09. The first-order valence-corrected chi connectivity index (χ1v) is 4.09. The normalized spacial score (nSPS) is 13.2. The zero-order valence-corrected chi connectivity index (χ0v) is 7.53. The number of ether oxygens (including phenoxy) is 1. The van der Waals surface area contributed by atoms with Crippen molar-refractivity contribution in [3.63, 3.8) is 0 Å². The molecule has 0 N–H and O–H groups in total. The second-order valence-corrected chi connectivity index (χ2v) is 2.76. The third-order valence-electron chi connectivity index (χ3n) is 1.83. The number of hydrogen-bond acceptors (Lipinski definition) is 1. The van der Waals surface area contributed by atoms with Gasteiger partial charge in [-0.15, -0.1) is 0 Å². The van der Waals surface area contributed by atoms with E-state index in [1.165, 1.54) is 5.56 Å².